The van der Waals surface area contributed by atoms with Crippen molar-refractivity contribution in [1.29, 1.82) is 0 Å². The van der Waals surface area contributed by atoms with E-state index in [9.17, 15) is 24.6 Å². The van der Waals surface area contributed by atoms with E-state index < -0.39 is 23.8 Å². The van der Waals surface area contributed by atoms with Crippen molar-refractivity contribution in [2.75, 3.05) is 32.8 Å². The summed E-state index contributed by atoms with van der Waals surface area (Å²) < 4.78 is 5.97. The van der Waals surface area contributed by atoms with Crippen LogP contribution in [0, 0.1) is 0 Å². The molecule has 0 saturated carbocycles. The van der Waals surface area contributed by atoms with E-state index in [2.05, 4.69) is 10.6 Å². The second-order valence-corrected chi connectivity index (χ2v) is 9.98. The van der Waals surface area contributed by atoms with Gasteiger partial charge < -0.3 is 37.1 Å². The Morgan fingerprint density at radius 3 is 2.31 bits per heavy atom. The minimum absolute atomic E-state index is 0.0214. The van der Waals surface area contributed by atoms with Gasteiger partial charge in [-0.3, -0.25) is 14.4 Å². The van der Waals surface area contributed by atoms with E-state index in [0.717, 1.165) is 46.4 Å². The number of fused-ring (bicyclic) bond motifs is 3. The van der Waals surface area contributed by atoms with Crippen LogP contribution in [0.1, 0.15) is 58.6 Å². The summed E-state index contributed by atoms with van der Waals surface area (Å²) in [5.41, 5.74) is 15.8. The van der Waals surface area contributed by atoms with E-state index in [0.29, 0.717) is 62.2 Å². The van der Waals surface area contributed by atoms with E-state index in [1.807, 2.05) is 24.3 Å². The molecule has 1 atom stereocenters. The Kier molecular flexibility index (Phi) is 10.4. The molecule has 8 N–H and O–H groups in total. The van der Waals surface area contributed by atoms with Crippen LogP contribution in [0.2, 0.25) is 0 Å². The fourth-order valence-electron chi connectivity index (χ4n) is 5.00. The summed E-state index contributed by atoms with van der Waals surface area (Å²) >= 11 is 0. The number of rotatable bonds is 14. The smallest absolute Gasteiger partial charge is 0.492 e. The average molecular weight is 580 g/mol. The normalized spacial score (nSPS) is 13.2. The van der Waals surface area contributed by atoms with E-state index in [1.54, 1.807) is 12.1 Å². The number of nitrogens with one attached hydrogen (secondary N) is 2. The first-order valence-corrected chi connectivity index (χ1v) is 14.0. The highest BCUT2D eigenvalue weighted by atomic mass is 16.8. The van der Waals surface area contributed by atoms with Crippen molar-refractivity contribution in [3.8, 4) is 22.9 Å². The van der Waals surface area contributed by atoms with Crippen LogP contribution in [0.4, 0.5) is 4.79 Å². The fourth-order valence-corrected chi connectivity index (χ4v) is 5.00. The second-order valence-electron chi connectivity index (χ2n) is 9.98. The maximum absolute atomic E-state index is 13.1. The van der Waals surface area contributed by atoms with E-state index in [4.69, 9.17) is 21.0 Å². The van der Waals surface area contributed by atoms with Gasteiger partial charge in [0, 0.05) is 43.1 Å². The van der Waals surface area contributed by atoms with Crippen LogP contribution in [-0.2, 0) is 16.0 Å². The van der Waals surface area contributed by atoms with Crippen LogP contribution in [0.15, 0.2) is 48.5 Å². The van der Waals surface area contributed by atoms with Gasteiger partial charge in [-0.2, -0.15) is 0 Å². The molecule has 0 aliphatic heterocycles. The van der Waals surface area contributed by atoms with Crippen LogP contribution >= 0.6 is 0 Å². The van der Waals surface area contributed by atoms with Crippen molar-refractivity contribution in [1.82, 2.24) is 15.4 Å². The molecule has 1 unspecified atom stereocenters. The number of aromatic nitrogens is 1. The number of carbonyl (C=O) groups excluding carboxylic acids is 3. The fraction of sp³-hybridized carbons (Fsp3) is 0.367. The highest BCUT2D eigenvalue weighted by molar-refractivity contribution is 6.03. The molecule has 1 aliphatic rings. The lowest BCUT2D eigenvalue weighted by Gasteiger charge is -2.15. The van der Waals surface area contributed by atoms with E-state index in [1.165, 1.54) is 0 Å². The summed E-state index contributed by atoms with van der Waals surface area (Å²) in [6.45, 7) is 1.87. The van der Waals surface area contributed by atoms with Gasteiger partial charge in [-0.1, -0.05) is 30.3 Å². The van der Waals surface area contributed by atoms with Gasteiger partial charge in [0.05, 0.1) is 0 Å². The van der Waals surface area contributed by atoms with E-state index in [-0.39, 0.29) is 18.4 Å². The predicted octanol–water partition coefficient (Wildman–Crippen LogP) is 2.14. The molecule has 1 aliphatic carbocycles. The molecular weight excluding hydrogens is 542 g/mol. The minimum atomic E-state index is -1.13. The zero-order valence-corrected chi connectivity index (χ0v) is 23.3. The maximum Gasteiger partial charge on any atom is 0.534 e. The van der Waals surface area contributed by atoms with Gasteiger partial charge in [0.2, 0.25) is 17.7 Å². The van der Waals surface area contributed by atoms with Gasteiger partial charge in [-0.15, -0.1) is 4.73 Å². The summed E-state index contributed by atoms with van der Waals surface area (Å²) in [5, 5.41) is 25.3. The third-order valence-corrected chi connectivity index (χ3v) is 7.05. The second kappa shape index (κ2) is 14.4. The quantitative estimate of drug-likeness (QED) is 0.123. The number of ether oxygens (including phenoxy) is 1. The van der Waals surface area contributed by atoms with Gasteiger partial charge in [-0.25, -0.2) is 4.79 Å². The summed E-state index contributed by atoms with van der Waals surface area (Å²) in [6, 6.07) is 13.7. The van der Waals surface area contributed by atoms with Crippen molar-refractivity contribution in [2.24, 2.45) is 11.5 Å². The van der Waals surface area contributed by atoms with Gasteiger partial charge in [0.1, 0.15) is 6.61 Å². The minimum Gasteiger partial charge on any atom is -0.492 e. The Labute approximate surface area is 243 Å². The van der Waals surface area contributed by atoms with Gasteiger partial charge in [0.15, 0.2) is 0 Å². The lowest BCUT2D eigenvalue weighted by Crippen LogP contribution is -2.26. The Morgan fingerprint density at radius 2 is 1.60 bits per heavy atom. The van der Waals surface area contributed by atoms with Crippen molar-refractivity contribution >= 4 is 18.0 Å². The van der Waals surface area contributed by atoms with Crippen molar-refractivity contribution in [3.05, 3.63) is 70.8 Å². The van der Waals surface area contributed by atoms with E-state index >= 15 is 0 Å². The molecule has 1 aromatic heterocycles. The van der Waals surface area contributed by atoms with Gasteiger partial charge >= 0.3 is 6.16 Å². The molecule has 12 nitrogen and oxygen atoms in total. The summed E-state index contributed by atoms with van der Waals surface area (Å²) in [7, 11) is 0. The number of hydrogen-bond acceptors (Lipinski definition) is 9. The average Bonchev–Trinajstić information content (AvgIpc) is 3.47. The number of nitrogens with two attached hydrogens (primary N) is 2. The molecule has 12 heteroatoms. The molecule has 42 heavy (non-hydrogen) atoms. The zero-order valence-electron chi connectivity index (χ0n) is 23.3. The largest absolute Gasteiger partial charge is 0.534 e. The maximum atomic E-state index is 13.1. The molecule has 0 fully saturated rings. The predicted molar refractivity (Wildman–Crippen MR) is 155 cm³/mol. The topological polar surface area (TPSA) is 191 Å². The SMILES string of the molecule is NCCCNC(=O)CCCc1ccc2c(c1)C(COC(=O)On1c(O)ccc1O)c1cccc(C(=O)NCCCN)c1-2. The monoisotopic (exact) mass is 579 g/mol. The summed E-state index contributed by atoms with van der Waals surface area (Å²) in [4.78, 5) is 42.6. The highest BCUT2D eigenvalue weighted by Crippen LogP contribution is 2.47. The molecule has 2 aromatic carbocycles. The number of benzene rings is 2. The third-order valence-electron chi connectivity index (χ3n) is 7.05. The van der Waals surface area contributed by atoms with Crippen LogP contribution in [0.25, 0.3) is 11.1 Å². The Bertz CT molecular complexity index is 1400. The van der Waals surface area contributed by atoms with Crippen LogP contribution in [-0.4, -0.2) is 65.7 Å². The molecule has 0 saturated heterocycles. The van der Waals surface area contributed by atoms with Crippen LogP contribution < -0.4 is 26.9 Å². The van der Waals surface area contributed by atoms with Gasteiger partial charge in [-0.05, 0) is 72.7 Å². The molecule has 2 amide bonds. The number of carbonyl (C=O) groups is 3. The van der Waals surface area contributed by atoms with Gasteiger partial charge in [0.25, 0.3) is 5.91 Å². The first-order chi connectivity index (χ1) is 20.3. The Morgan fingerprint density at radius 1 is 0.881 bits per heavy atom. The standard InChI is InChI=1S/C30H37N5O7/c31-13-3-15-33-25(36)8-1-5-19-9-10-21-23(17-19)24(18-41-30(40)42-35-26(37)11-12-27(35)38)20-6-2-7-22(28(20)21)29(39)34-16-4-14-32/h2,6-7,9-12,17,24,37-38H,1,3-5,8,13-16,18,31-32H2,(H,33,36)(H,34,39). The number of aryl methyl sites for hydroxylation is 1. The number of amides is 2. The summed E-state index contributed by atoms with van der Waals surface area (Å²) in [6.07, 6.45) is 1.94. The Balaban J connectivity index is 1.55. The number of hydrogen-bond donors (Lipinski definition) is 6. The van der Waals surface area contributed by atoms with Crippen molar-refractivity contribution < 1.29 is 34.2 Å². The molecule has 224 valence electrons. The summed E-state index contributed by atoms with van der Waals surface area (Å²) in [5.74, 6) is -1.60. The van der Waals surface area contributed by atoms with Crippen LogP contribution in [0.3, 0.4) is 0 Å². The lowest BCUT2D eigenvalue weighted by molar-refractivity contribution is -0.121. The molecule has 3 aromatic rings. The Hall–Kier alpha value is -4.55. The molecule has 0 spiro atoms. The lowest BCUT2D eigenvalue weighted by atomic mass is 9.95. The molecule has 0 bridgehead atoms. The first-order valence-electron chi connectivity index (χ1n) is 14.0. The molecule has 4 rings (SSSR count). The number of nitrogens with zero attached hydrogens (tertiary/aromatic N) is 1. The van der Waals surface area contributed by atoms with Crippen molar-refractivity contribution in [2.45, 2.75) is 38.0 Å². The van der Waals surface area contributed by atoms with Crippen molar-refractivity contribution in [3.63, 3.8) is 0 Å². The number of aromatic hydroxyl groups is 2. The molecular formula is C30H37N5O7. The molecule has 1 heterocycles. The first kappa shape index (κ1) is 30.4. The highest BCUT2D eigenvalue weighted by Gasteiger charge is 2.33. The molecule has 0 radical (unpaired) electrons. The third kappa shape index (κ3) is 7.20. The van der Waals surface area contributed by atoms with Crippen LogP contribution in [0.5, 0.6) is 11.8 Å². The zero-order chi connectivity index (χ0) is 30.1.